The molecule has 3 aromatic carbocycles. The Labute approximate surface area is 228 Å². The van der Waals surface area contributed by atoms with Gasteiger partial charge in [0.2, 0.25) is 8.32 Å². The Bertz CT molecular complexity index is 1360. The van der Waals surface area contributed by atoms with Crippen LogP contribution in [-0.2, 0) is 5.54 Å². The van der Waals surface area contributed by atoms with Crippen LogP contribution in [0.1, 0.15) is 61.5 Å². The van der Waals surface area contributed by atoms with Crippen LogP contribution >= 0.6 is 0 Å². The summed E-state index contributed by atoms with van der Waals surface area (Å²) < 4.78 is 12.7. The first-order chi connectivity index (χ1) is 17.9. The number of benzene rings is 3. The van der Waals surface area contributed by atoms with E-state index in [0.29, 0.717) is 18.2 Å². The number of carbonyl (C=O) groups excluding carboxylic acids is 1. The lowest BCUT2D eigenvalue weighted by Crippen LogP contribution is -2.48. The second-order valence-corrected chi connectivity index (χ2v) is 17.5. The van der Waals surface area contributed by atoms with E-state index in [1.54, 1.807) is 0 Å². The molecule has 1 unspecified atom stereocenters. The molecule has 202 valence electrons. The first-order valence-corrected chi connectivity index (χ1v) is 16.8. The van der Waals surface area contributed by atoms with Gasteiger partial charge in [-0.15, -0.1) is 0 Å². The second kappa shape index (κ2) is 9.73. The zero-order chi connectivity index (χ0) is 27.3. The fourth-order valence-electron chi connectivity index (χ4n) is 4.96. The van der Waals surface area contributed by atoms with Gasteiger partial charge in [-0.25, -0.2) is 0 Å². The highest BCUT2D eigenvalue weighted by atomic mass is 28.4. The van der Waals surface area contributed by atoms with Gasteiger partial charge in [0.1, 0.15) is 18.1 Å². The van der Waals surface area contributed by atoms with Crippen molar-refractivity contribution in [2.45, 2.75) is 76.7 Å². The highest BCUT2D eigenvalue weighted by Gasteiger charge is 2.47. The number of hydrogen-bond donors (Lipinski definition) is 1. The maximum atomic E-state index is 13.6. The SMILES string of the molecule is Cc1ccc(OCC2CCN2C)cc1C(=O)NC1(c2cccc3ccc(O[Si](C)(C)C(C)(C)C)cc23)CC1. The summed E-state index contributed by atoms with van der Waals surface area (Å²) in [5, 5.41) is 5.85. The van der Waals surface area contributed by atoms with Crippen LogP contribution in [-0.4, -0.2) is 45.4 Å². The quantitative estimate of drug-likeness (QED) is 0.318. The molecule has 1 aliphatic carbocycles. The molecular formula is C32H42N2O3Si. The summed E-state index contributed by atoms with van der Waals surface area (Å²) in [4.78, 5) is 15.9. The first-order valence-electron chi connectivity index (χ1n) is 13.9. The highest BCUT2D eigenvalue weighted by Crippen LogP contribution is 2.49. The fourth-order valence-corrected chi connectivity index (χ4v) is 5.98. The Balaban J connectivity index is 1.38. The van der Waals surface area contributed by atoms with Crippen LogP contribution in [0.5, 0.6) is 11.5 Å². The van der Waals surface area contributed by atoms with E-state index >= 15 is 0 Å². The summed E-state index contributed by atoms with van der Waals surface area (Å²) in [6.07, 6.45) is 3.01. The third-order valence-corrected chi connectivity index (χ3v) is 13.3. The van der Waals surface area contributed by atoms with E-state index in [4.69, 9.17) is 9.16 Å². The first kappa shape index (κ1) is 26.8. The lowest BCUT2D eigenvalue weighted by Gasteiger charge is -2.37. The van der Waals surface area contributed by atoms with Crippen LogP contribution in [0.4, 0.5) is 0 Å². The van der Waals surface area contributed by atoms with Crippen molar-refractivity contribution in [2.75, 3.05) is 20.2 Å². The molecule has 0 aromatic heterocycles. The highest BCUT2D eigenvalue weighted by molar-refractivity contribution is 6.74. The lowest BCUT2D eigenvalue weighted by molar-refractivity contribution is 0.0767. The standard InChI is InChI=1S/C32H42N2O3Si/c1-22-11-13-25(36-21-24-15-18-34(24)5)19-27(22)30(35)33-32(16-17-32)29-10-8-9-23-12-14-26(20-28(23)29)37-38(6,7)31(2,3)4/h8-14,19-20,24H,15-18,21H2,1-7H3,(H,33,35). The molecule has 1 saturated heterocycles. The van der Waals surface area contributed by atoms with Crippen molar-refractivity contribution in [1.82, 2.24) is 10.2 Å². The molecule has 0 radical (unpaired) electrons. The van der Waals surface area contributed by atoms with Crippen LogP contribution in [0.25, 0.3) is 10.8 Å². The van der Waals surface area contributed by atoms with Crippen LogP contribution in [0.3, 0.4) is 0 Å². The predicted molar refractivity (Wildman–Crippen MR) is 158 cm³/mol. The van der Waals surface area contributed by atoms with E-state index in [-0.39, 0.29) is 16.5 Å². The Hall–Kier alpha value is -2.83. The molecule has 1 amide bonds. The molecule has 38 heavy (non-hydrogen) atoms. The molecule has 1 N–H and O–H groups in total. The summed E-state index contributed by atoms with van der Waals surface area (Å²) in [5.74, 6) is 1.62. The molecule has 3 aromatic rings. The maximum Gasteiger partial charge on any atom is 0.252 e. The van der Waals surface area contributed by atoms with E-state index in [2.05, 4.69) is 87.5 Å². The molecule has 0 bridgehead atoms. The Morgan fingerprint density at radius 1 is 1.08 bits per heavy atom. The molecule has 2 aliphatic rings. The Morgan fingerprint density at radius 2 is 1.82 bits per heavy atom. The molecule has 6 heteroatoms. The van der Waals surface area contributed by atoms with Crippen LogP contribution < -0.4 is 14.5 Å². The minimum atomic E-state index is -1.96. The zero-order valence-corrected chi connectivity index (χ0v) is 25.0. The Morgan fingerprint density at radius 3 is 2.45 bits per heavy atom. The predicted octanol–water partition coefficient (Wildman–Crippen LogP) is 7.03. The topological polar surface area (TPSA) is 50.8 Å². The number of carbonyl (C=O) groups is 1. The molecule has 1 saturated carbocycles. The van der Waals surface area contributed by atoms with Crippen molar-refractivity contribution in [2.24, 2.45) is 0 Å². The van der Waals surface area contributed by atoms with E-state index in [1.165, 1.54) is 5.56 Å². The second-order valence-electron chi connectivity index (χ2n) is 12.8. The summed E-state index contributed by atoms with van der Waals surface area (Å²) >= 11 is 0. The van der Waals surface area contributed by atoms with Gasteiger partial charge < -0.3 is 14.5 Å². The average Bonchev–Trinajstić information content (AvgIpc) is 3.63. The zero-order valence-electron chi connectivity index (χ0n) is 24.0. The monoisotopic (exact) mass is 530 g/mol. The number of ether oxygens (including phenoxy) is 1. The number of likely N-dealkylation sites (N-methyl/N-ethyl adjacent to an activating group) is 1. The number of rotatable bonds is 8. The maximum absolute atomic E-state index is 13.6. The van der Waals surface area contributed by atoms with Gasteiger partial charge in [0, 0.05) is 11.6 Å². The van der Waals surface area contributed by atoms with Gasteiger partial charge in [-0.05, 0) is 104 Å². The van der Waals surface area contributed by atoms with E-state index in [0.717, 1.165) is 53.6 Å². The summed E-state index contributed by atoms with van der Waals surface area (Å²) in [7, 11) is 0.158. The van der Waals surface area contributed by atoms with Gasteiger partial charge in [0.25, 0.3) is 5.91 Å². The third-order valence-electron chi connectivity index (χ3n) is 8.99. The van der Waals surface area contributed by atoms with Crippen molar-refractivity contribution < 1.29 is 14.0 Å². The molecule has 5 rings (SSSR count). The number of nitrogens with one attached hydrogen (secondary N) is 1. The van der Waals surface area contributed by atoms with Gasteiger partial charge in [-0.3, -0.25) is 9.69 Å². The van der Waals surface area contributed by atoms with E-state index in [9.17, 15) is 4.79 Å². The number of fused-ring (bicyclic) bond motifs is 1. The minimum Gasteiger partial charge on any atom is -0.543 e. The number of likely N-dealkylation sites (tertiary alicyclic amines) is 1. The van der Waals surface area contributed by atoms with Gasteiger partial charge in [0.05, 0.1) is 5.54 Å². The molecular weight excluding hydrogens is 488 g/mol. The molecule has 1 aliphatic heterocycles. The van der Waals surface area contributed by atoms with Crippen molar-refractivity contribution in [3.63, 3.8) is 0 Å². The van der Waals surface area contributed by atoms with Gasteiger partial charge in [-0.1, -0.05) is 51.1 Å². The number of aryl methyl sites for hydroxylation is 1. The van der Waals surface area contributed by atoms with Crippen LogP contribution in [0.2, 0.25) is 18.1 Å². The third kappa shape index (κ3) is 5.21. The average molecular weight is 531 g/mol. The molecule has 0 spiro atoms. The molecule has 1 atom stereocenters. The van der Waals surface area contributed by atoms with Crippen molar-refractivity contribution in [3.8, 4) is 11.5 Å². The van der Waals surface area contributed by atoms with Crippen LogP contribution in [0.15, 0.2) is 54.6 Å². The van der Waals surface area contributed by atoms with Gasteiger partial charge in [0.15, 0.2) is 0 Å². The summed E-state index contributed by atoms with van der Waals surface area (Å²) in [5.41, 5.74) is 2.44. The van der Waals surface area contributed by atoms with Crippen molar-refractivity contribution in [1.29, 1.82) is 0 Å². The molecule has 2 fully saturated rings. The van der Waals surface area contributed by atoms with E-state index in [1.807, 2.05) is 25.1 Å². The van der Waals surface area contributed by atoms with Crippen molar-refractivity contribution >= 4 is 25.0 Å². The van der Waals surface area contributed by atoms with Gasteiger partial charge in [-0.2, -0.15) is 0 Å². The largest absolute Gasteiger partial charge is 0.543 e. The van der Waals surface area contributed by atoms with E-state index < -0.39 is 8.32 Å². The number of amides is 1. The summed E-state index contributed by atoms with van der Waals surface area (Å²) in [6, 6.07) is 19.1. The molecule has 1 heterocycles. The van der Waals surface area contributed by atoms with Crippen LogP contribution in [0, 0.1) is 6.92 Å². The Kier molecular flexibility index (Phi) is 6.85. The lowest BCUT2D eigenvalue weighted by atomic mass is 9.96. The van der Waals surface area contributed by atoms with Gasteiger partial charge >= 0.3 is 0 Å². The smallest absolute Gasteiger partial charge is 0.252 e. The molecule has 5 nitrogen and oxygen atoms in total. The van der Waals surface area contributed by atoms with Crippen molar-refractivity contribution in [3.05, 3.63) is 71.3 Å². The minimum absolute atomic E-state index is 0.0445. The summed E-state index contributed by atoms with van der Waals surface area (Å²) in [6.45, 7) is 15.1. The normalized spacial score (nSPS) is 19.1. The number of hydrogen-bond acceptors (Lipinski definition) is 4. The number of nitrogens with zero attached hydrogens (tertiary/aromatic N) is 1. The fraction of sp³-hybridized carbons (Fsp3) is 0.469.